The Morgan fingerprint density at radius 3 is 2.31 bits per heavy atom. The van der Waals surface area contributed by atoms with Crippen LogP contribution in [0, 0.1) is 23.4 Å². The highest BCUT2D eigenvalue weighted by Crippen LogP contribution is 2.40. The summed E-state index contributed by atoms with van der Waals surface area (Å²) < 4.78 is 43.9. The Morgan fingerprint density at radius 2 is 1.62 bits per heavy atom. The summed E-state index contributed by atoms with van der Waals surface area (Å²) in [4.78, 5) is 0. The molecule has 2 aliphatic rings. The van der Waals surface area contributed by atoms with Crippen LogP contribution in [0.1, 0.15) is 86.5 Å². The quantitative estimate of drug-likeness (QED) is 0.478. The van der Waals surface area contributed by atoms with E-state index in [1.54, 1.807) is 18.2 Å². The zero-order valence-corrected chi connectivity index (χ0v) is 17.1. The molecule has 0 aromatic heterocycles. The first-order chi connectivity index (χ1) is 14.1. The van der Waals surface area contributed by atoms with Gasteiger partial charge in [0.05, 0.1) is 0 Å². The van der Waals surface area contributed by atoms with Gasteiger partial charge >= 0.3 is 0 Å². The molecule has 0 bridgehead atoms. The highest BCUT2D eigenvalue weighted by atomic mass is 19.1. The Hall–Kier alpha value is -2.03. The molecule has 2 aromatic rings. The molecule has 0 radical (unpaired) electrons. The van der Waals surface area contributed by atoms with E-state index in [0.717, 1.165) is 42.7 Å². The van der Waals surface area contributed by atoms with Crippen molar-refractivity contribution in [1.82, 2.24) is 0 Å². The average Bonchev–Trinajstić information content (AvgIpc) is 2.72. The summed E-state index contributed by atoms with van der Waals surface area (Å²) in [6.07, 6.45) is 10.8. The third-order valence-electron chi connectivity index (χ3n) is 6.80. The Morgan fingerprint density at radius 1 is 0.897 bits per heavy atom. The van der Waals surface area contributed by atoms with Crippen LogP contribution >= 0.6 is 0 Å². The summed E-state index contributed by atoms with van der Waals surface area (Å²) >= 11 is 0. The van der Waals surface area contributed by atoms with Gasteiger partial charge in [0, 0.05) is 5.56 Å². The van der Waals surface area contributed by atoms with E-state index in [1.165, 1.54) is 37.5 Å². The number of unbranched alkanes of at least 4 members (excludes halogenated alkanes) is 1. The van der Waals surface area contributed by atoms with Crippen LogP contribution in [0.3, 0.4) is 0 Å². The van der Waals surface area contributed by atoms with Gasteiger partial charge in [0.25, 0.3) is 0 Å². The van der Waals surface area contributed by atoms with E-state index in [2.05, 4.69) is 6.92 Å². The Kier molecular flexibility index (Phi) is 6.12. The van der Waals surface area contributed by atoms with E-state index in [0.29, 0.717) is 24.0 Å². The summed E-state index contributed by atoms with van der Waals surface area (Å²) in [5, 5.41) is 0. The summed E-state index contributed by atoms with van der Waals surface area (Å²) in [7, 11) is 0. The minimum absolute atomic E-state index is 0.0558. The first-order valence-electron chi connectivity index (χ1n) is 11.0. The number of halogens is 3. The number of allylic oxidation sites excluding steroid dienone is 1. The molecule has 0 atom stereocenters. The van der Waals surface area contributed by atoms with Gasteiger partial charge < -0.3 is 0 Å². The van der Waals surface area contributed by atoms with Crippen LogP contribution < -0.4 is 0 Å². The van der Waals surface area contributed by atoms with Gasteiger partial charge in [-0.2, -0.15) is 0 Å². The molecule has 1 fully saturated rings. The highest BCUT2D eigenvalue weighted by Gasteiger charge is 2.25. The molecular formula is C26H29F3. The van der Waals surface area contributed by atoms with Crippen molar-refractivity contribution in [1.29, 1.82) is 0 Å². The maximum atomic E-state index is 15.0. The standard InChI is InChI=1S/C26H29F3/c1-2-3-5-17-8-10-18(11-9-17)21-15-24(28)26(25(29)16-21)20-12-13-22-19(14-20)6-4-7-23(22)27/h4,6-7,14-18H,2-3,5,8-13H2,1H3. The van der Waals surface area contributed by atoms with E-state index in [1.807, 2.05) is 0 Å². The van der Waals surface area contributed by atoms with Crippen molar-refractivity contribution in [3.63, 3.8) is 0 Å². The van der Waals surface area contributed by atoms with Crippen molar-refractivity contribution in [3.8, 4) is 0 Å². The Balaban J connectivity index is 1.54. The second kappa shape index (κ2) is 8.77. The maximum absolute atomic E-state index is 15.0. The third kappa shape index (κ3) is 4.29. The fourth-order valence-electron chi connectivity index (χ4n) is 5.10. The lowest BCUT2D eigenvalue weighted by Crippen LogP contribution is -2.14. The largest absolute Gasteiger partial charge is 0.207 e. The molecular weight excluding hydrogens is 369 g/mol. The van der Waals surface area contributed by atoms with Crippen LogP contribution in [-0.4, -0.2) is 0 Å². The molecule has 0 aliphatic heterocycles. The number of hydrogen-bond donors (Lipinski definition) is 0. The lowest BCUT2D eigenvalue weighted by atomic mass is 9.76. The Bertz CT molecular complexity index is 881. The fraction of sp³-hybridized carbons (Fsp3) is 0.462. The number of fused-ring (bicyclic) bond motifs is 1. The zero-order valence-electron chi connectivity index (χ0n) is 17.1. The zero-order chi connectivity index (χ0) is 20.4. The minimum atomic E-state index is -0.487. The molecule has 2 aliphatic carbocycles. The maximum Gasteiger partial charge on any atom is 0.133 e. The van der Waals surface area contributed by atoms with Gasteiger partial charge in [0.15, 0.2) is 0 Å². The summed E-state index contributed by atoms with van der Waals surface area (Å²) in [6, 6.07) is 7.96. The second-order valence-corrected chi connectivity index (χ2v) is 8.70. The molecule has 0 saturated heterocycles. The smallest absolute Gasteiger partial charge is 0.133 e. The number of benzene rings is 2. The normalized spacial score (nSPS) is 21.6. The third-order valence-corrected chi connectivity index (χ3v) is 6.80. The summed E-state index contributed by atoms with van der Waals surface area (Å²) in [5.74, 6) is -0.198. The van der Waals surface area contributed by atoms with Crippen LogP contribution in [0.4, 0.5) is 13.2 Å². The van der Waals surface area contributed by atoms with Crippen molar-refractivity contribution < 1.29 is 13.2 Å². The van der Waals surface area contributed by atoms with Crippen molar-refractivity contribution in [2.45, 2.75) is 70.6 Å². The summed E-state index contributed by atoms with van der Waals surface area (Å²) in [5.41, 5.74) is 2.82. The SMILES string of the molecule is CCCCC1CCC(c2cc(F)c(C3=Cc4cccc(F)c4CC3)c(F)c2)CC1. The van der Waals surface area contributed by atoms with Gasteiger partial charge in [0.1, 0.15) is 17.5 Å². The lowest BCUT2D eigenvalue weighted by Gasteiger charge is -2.29. The lowest BCUT2D eigenvalue weighted by molar-refractivity contribution is 0.303. The minimum Gasteiger partial charge on any atom is -0.207 e. The van der Waals surface area contributed by atoms with E-state index < -0.39 is 11.6 Å². The molecule has 0 heterocycles. The van der Waals surface area contributed by atoms with E-state index in [4.69, 9.17) is 0 Å². The van der Waals surface area contributed by atoms with Gasteiger partial charge in [-0.1, -0.05) is 44.4 Å². The van der Waals surface area contributed by atoms with Gasteiger partial charge in [0.2, 0.25) is 0 Å². The molecule has 2 aromatic carbocycles. The van der Waals surface area contributed by atoms with Crippen LogP contribution in [0.2, 0.25) is 0 Å². The first-order valence-corrected chi connectivity index (χ1v) is 11.0. The van der Waals surface area contributed by atoms with Crippen LogP contribution in [0.25, 0.3) is 11.6 Å². The molecule has 29 heavy (non-hydrogen) atoms. The summed E-state index contributed by atoms with van der Waals surface area (Å²) in [6.45, 7) is 2.22. The predicted octanol–water partition coefficient (Wildman–Crippen LogP) is 8.05. The van der Waals surface area contributed by atoms with E-state index in [-0.39, 0.29) is 17.3 Å². The number of hydrogen-bond acceptors (Lipinski definition) is 0. The first kappa shape index (κ1) is 20.3. The van der Waals surface area contributed by atoms with Gasteiger partial charge in [-0.25, -0.2) is 13.2 Å². The van der Waals surface area contributed by atoms with Crippen LogP contribution in [0.5, 0.6) is 0 Å². The average molecular weight is 399 g/mol. The van der Waals surface area contributed by atoms with Crippen molar-refractivity contribution >= 4 is 11.6 Å². The van der Waals surface area contributed by atoms with Crippen LogP contribution in [-0.2, 0) is 6.42 Å². The molecule has 0 amide bonds. The molecule has 0 nitrogen and oxygen atoms in total. The fourth-order valence-corrected chi connectivity index (χ4v) is 5.10. The molecule has 0 N–H and O–H groups in total. The molecule has 1 saturated carbocycles. The monoisotopic (exact) mass is 398 g/mol. The highest BCUT2D eigenvalue weighted by molar-refractivity contribution is 5.85. The van der Waals surface area contributed by atoms with E-state index >= 15 is 0 Å². The van der Waals surface area contributed by atoms with Crippen molar-refractivity contribution in [2.24, 2.45) is 5.92 Å². The van der Waals surface area contributed by atoms with Crippen LogP contribution in [0.15, 0.2) is 30.3 Å². The Labute approximate surface area is 171 Å². The molecule has 0 spiro atoms. The van der Waals surface area contributed by atoms with Gasteiger partial charge in [-0.15, -0.1) is 0 Å². The van der Waals surface area contributed by atoms with Gasteiger partial charge in [-0.05, 0) is 90.8 Å². The number of rotatable bonds is 5. The predicted molar refractivity (Wildman–Crippen MR) is 113 cm³/mol. The molecule has 3 heteroatoms. The van der Waals surface area contributed by atoms with Crippen molar-refractivity contribution in [2.75, 3.05) is 0 Å². The molecule has 154 valence electrons. The topological polar surface area (TPSA) is 0 Å². The van der Waals surface area contributed by atoms with Crippen molar-refractivity contribution in [3.05, 3.63) is 70.0 Å². The van der Waals surface area contributed by atoms with E-state index in [9.17, 15) is 13.2 Å². The van der Waals surface area contributed by atoms with Gasteiger partial charge in [-0.3, -0.25) is 0 Å². The second-order valence-electron chi connectivity index (χ2n) is 8.70. The molecule has 4 rings (SSSR count). The molecule has 0 unspecified atom stereocenters.